The van der Waals surface area contributed by atoms with Crippen molar-refractivity contribution in [1.29, 1.82) is 0 Å². The van der Waals surface area contributed by atoms with Gasteiger partial charge in [0.1, 0.15) is 12.0 Å². The fourth-order valence-electron chi connectivity index (χ4n) is 1.57. The maximum Gasteiger partial charge on any atom is 0.331 e. The van der Waals surface area contributed by atoms with Crippen molar-refractivity contribution >= 4 is 9.47 Å². The second kappa shape index (κ2) is 4.53. The second-order valence-corrected chi connectivity index (χ2v) is 3.62. The van der Waals surface area contributed by atoms with Crippen molar-refractivity contribution in [3.63, 3.8) is 0 Å². The molecule has 7 heteroatoms. The molecule has 1 aliphatic rings. The SMILES string of the molecule is O=c1ccn(C2CC/C(=C\OP)O2)c(=O)[nH]1. The summed E-state index contributed by atoms with van der Waals surface area (Å²) in [5.41, 5.74) is -0.881. The van der Waals surface area contributed by atoms with Crippen molar-refractivity contribution in [2.45, 2.75) is 19.1 Å². The number of aromatic nitrogens is 2. The summed E-state index contributed by atoms with van der Waals surface area (Å²) in [4.78, 5) is 24.5. The van der Waals surface area contributed by atoms with E-state index in [9.17, 15) is 9.59 Å². The minimum Gasteiger partial charge on any atom is -0.484 e. The number of H-pyrrole nitrogens is 1. The Kier molecular flexibility index (Phi) is 3.10. The third-order valence-corrected chi connectivity index (χ3v) is 2.42. The molecule has 2 heterocycles. The van der Waals surface area contributed by atoms with Gasteiger partial charge in [0.15, 0.2) is 6.23 Å². The Morgan fingerprint density at radius 1 is 1.62 bits per heavy atom. The number of aromatic amines is 1. The van der Waals surface area contributed by atoms with Gasteiger partial charge in [0.25, 0.3) is 5.56 Å². The first-order valence-electron chi connectivity index (χ1n) is 4.73. The molecule has 2 unspecified atom stereocenters. The van der Waals surface area contributed by atoms with Crippen LogP contribution >= 0.6 is 9.47 Å². The van der Waals surface area contributed by atoms with Crippen LogP contribution in [0, 0.1) is 0 Å². The maximum atomic E-state index is 11.5. The smallest absolute Gasteiger partial charge is 0.331 e. The summed E-state index contributed by atoms with van der Waals surface area (Å²) < 4.78 is 11.6. The summed E-state index contributed by atoms with van der Waals surface area (Å²) in [6.45, 7) is 0. The zero-order valence-corrected chi connectivity index (χ0v) is 9.54. The molecule has 2 atom stereocenters. The molecule has 1 N–H and O–H groups in total. The molecule has 1 aromatic heterocycles. The lowest BCUT2D eigenvalue weighted by molar-refractivity contribution is 0.0898. The molecule has 6 nitrogen and oxygen atoms in total. The zero-order valence-electron chi connectivity index (χ0n) is 8.38. The maximum absolute atomic E-state index is 11.5. The van der Waals surface area contributed by atoms with Gasteiger partial charge in [0.05, 0.1) is 9.47 Å². The molecule has 86 valence electrons. The Hall–Kier alpha value is -1.55. The van der Waals surface area contributed by atoms with Crippen LogP contribution in [0.1, 0.15) is 19.1 Å². The summed E-state index contributed by atoms with van der Waals surface area (Å²) in [6.07, 6.45) is 3.89. The molecule has 2 rings (SSSR count). The molecule has 0 bridgehead atoms. The molecule has 1 aliphatic heterocycles. The predicted molar refractivity (Wildman–Crippen MR) is 59.6 cm³/mol. The Morgan fingerprint density at radius 3 is 3.12 bits per heavy atom. The zero-order chi connectivity index (χ0) is 11.5. The molecule has 0 radical (unpaired) electrons. The van der Waals surface area contributed by atoms with E-state index < -0.39 is 11.2 Å². The van der Waals surface area contributed by atoms with Gasteiger partial charge in [-0.15, -0.1) is 0 Å². The van der Waals surface area contributed by atoms with Crippen LogP contribution in [0.3, 0.4) is 0 Å². The van der Waals surface area contributed by atoms with Crippen LogP contribution in [0.2, 0.25) is 0 Å². The van der Waals surface area contributed by atoms with Crippen molar-refractivity contribution in [1.82, 2.24) is 9.55 Å². The normalized spacial score (nSPS) is 22.1. The van der Waals surface area contributed by atoms with E-state index in [-0.39, 0.29) is 6.23 Å². The monoisotopic (exact) mass is 242 g/mol. The van der Waals surface area contributed by atoms with Crippen LogP contribution in [-0.4, -0.2) is 9.55 Å². The first-order chi connectivity index (χ1) is 7.70. The first-order valence-corrected chi connectivity index (χ1v) is 5.20. The number of ether oxygens (including phenoxy) is 1. The van der Waals surface area contributed by atoms with Crippen molar-refractivity contribution in [2.24, 2.45) is 0 Å². The highest BCUT2D eigenvalue weighted by atomic mass is 31.0. The Bertz CT molecular complexity index is 519. The second-order valence-electron chi connectivity index (χ2n) is 3.35. The van der Waals surface area contributed by atoms with Crippen LogP contribution < -0.4 is 11.2 Å². The van der Waals surface area contributed by atoms with Crippen molar-refractivity contribution in [3.8, 4) is 0 Å². The minimum absolute atomic E-state index is 0.379. The Labute approximate surface area is 93.2 Å². The van der Waals surface area contributed by atoms with Gasteiger partial charge in [-0.3, -0.25) is 14.3 Å². The first kappa shape index (κ1) is 11.0. The summed E-state index contributed by atoms with van der Waals surface area (Å²) in [5, 5.41) is 0. The molecule has 16 heavy (non-hydrogen) atoms. The summed E-state index contributed by atoms with van der Waals surface area (Å²) in [5.74, 6) is 0.679. The number of rotatable bonds is 2. The highest BCUT2D eigenvalue weighted by Crippen LogP contribution is 2.29. The van der Waals surface area contributed by atoms with E-state index >= 15 is 0 Å². The molecule has 0 saturated carbocycles. The van der Waals surface area contributed by atoms with Crippen LogP contribution in [0.5, 0.6) is 0 Å². The lowest BCUT2D eigenvalue weighted by Crippen LogP contribution is -2.31. The molecular formula is C9H11N2O4P. The number of nitrogens with one attached hydrogen (secondary N) is 1. The molecule has 0 aromatic carbocycles. The summed E-state index contributed by atoms with van der Waals surface area (Å²) in [7, 11) is 2.09. The van der Waals surface area contributed by atoms with Gasteiger partial charge < -0.3 is 9.26 Å². The average molecular weight is 242 g/mol. The summed E-state index contributed by atoms with van der Waals surface area (Å²) >= 11 is 0. The molecule has 1 saturated heterocycles. The van der Waals surface area contributed by atoms with Gasteiger partial charge in [0, 0.05) is 25.1 Å². The van der Waals surface area contributed by atoms with Crippen LogP contribution in [0.4, 0.5) is 0 Å². The molecule has 1 aromatic rings. The number of hydrogen-bond acceptors (Lipinski definition) is 4. The third kappa shape index (κ3) is 2.17. The van der Waals surface area contributed by atoms with Gasteiger partial charge in [-0.2, -0.15) is 0 Å². The van der Waals surface area contributed by atoms with E-state index in [1.54, 1.807) is 0 Å². The lowest BCUT2D eigenvalue weighted by atomic mass is 10.3. The molecule has 0 amide bonds. The van der Waals surface area contributed by atoms with Gasteiger partial charge in [-0.25, -0.2) is 4.79 Å². The van der Waals surface area contributed by atoms with Crippen LogP contribution in [0.25, 0.3) is 0 Å². The summed E-state index contributed by atoms with van der Waals surface area (Å²) in [6, 6.07) is 1.29. The van der Waals surface area contributed by atoms with E-state index in [1.165, 1.54) is 23.1 Å². The van der Waals surface area contributed by atoms with E-state index in [2.05, 4.69) is 14.5 Å². The van der Waals surface area contributed by atoms with Gasteiger partial charge in [0.2, 0.25) is 0 Å². The topological polar surface area (TPSA) is 73.3 Å². The highest BCUT2D eigenvalue weighted by molar-refractivity contribution is 7.10. The standard InChI is InChI=1S/C9H11N2O4P/c12-7-3-4-11(9(13)10-7)8-2-1-6(15-8)5-14-16/h3-5,8H,1-2,16H2,(H,10,12,13)/b6-5+. The van der Waals surface area contributed by atoms with Gasteiger partial charge in [-0.05, 0) is 0 Å². The van der Waals surface area contributed by atoms with E-state index in [0.29, 0.717) is 18.6 Å². The predicted octanol–water partition coefficient (Wildman–Crippen LogP) is 0.494. The van der Waals surface area contributed by atoms with Gasteiger partial charge >= 0.3 is 5.69 Å². The largest absolute Gasteiger partial charge is 0.484 e. The number of hydrogen-bond donors (Lipinski definition) is 1. The van der Waals surface area contributed by atoms with Crippen LogP contribution in [0.15, 0.2) is 33.9 Å². The van der Waals surface area contributed by atoms with E-state index in [1.807, 2.05) is 0 Å². The highest BCUT2D eigenvalue weighted by Gasteiger charge is 2.23. The number of nitrogens with zero attached hydrogens (tertiary/aromatic N) is 1. The van der Waals surface area contributed by atoms with Crippen LogP contribution in [-0.2, 0) is 9.26 Å². The molecule has 0 aliphatic carbocycles. The molecule has 1 fully saturated rings. The fourth-order valence-corrected chi connectivity index (χ4v) is 1.72. The minimum atomic E-state index is -0.467. The molecular weight excluding hydrogens is 231 g/mol. The molecule has 0 spiro atoms. The number of allylic oxidation sites excluding steroid dienone is 1. The fraction of sp³-hybridized carbons (Fsp3) is 0.333. The van der Waals surface area contributed by atoms with E-state index in [0.717, 1.165) is 0 Å². The third-order valence-electron chi connectivity index (χ3n) is 2.29. The van der Waals surface area contributed by atoms with Crippen molar-refractivity contribution < 1.29 is 9.26 Å². The average Bonchev–Trinajstić information content (AvgIpc) is 2.67. The Balaban J connectivity index is 2.24. The van der Waals surface area contributed by atoms with Gasteiger partial charge in [-0.1, -0.05) is 0 Å². The van der Waals surface area contributed by atoms with Crippen molar-refractivity contribution in [3.05, 3.63) is 45.1 Å². The Morgan fingerprint density at radius 2 is 2.44 bits per heavy atom. The van der Waals surface area contributed by atoms with E-state index in [4.69, 9.17) is 9.26 Å². The quantitative estimate of drug-likeness (QED) is 0.605. The lowest BCUT2D eigenvalue weighted by Gasteiger charge is -2.12. The van der Waals surface area contributed by atoms with Crippen molar-refractivity contribution in [2.75, 3.05) is 0 Å².